The molecule has 5 heteroatoms. The predicted octanol–water partition coefficient (Wildman–Crippen LogP) is 3.52. The van der Waals surface area contributed by atoms with E-state index >= 15 is 0 Å². The van der Waals surface area contributed by atoms with Crippen molar-refractivity contribution >= 4 is 23.3 Å². The van der Waals surface area contributed by atoms with Crippen molar-refractivity contribution in [3.63, 3.8) is 0 Å². The highest BCUT2D eigenvalue weighted by atomic mass is 32.2. The molecular weight excluding hydrogens is 240 g/mol. The summed E-state index contributed by atoms with van der Waals surface area (Å²) in [7, 11) is 0. The van der Waals surface area contributed by atoms with Crippen LogP contribution in [-0.4, -0.2) is 14.5 Å². The van der Waals surface area contributed by atoms with Gasteiger partial charge in [-0.15, -0.1) is 0 Å². The van der Waals surface area contributed by atoms with E-state index in [1.54, 1.807) is 12.1 Å². The van der Waals surface area contributed by atoms with Gasteiger partial charge < -0.3 is 5.11 Å². The fourth-order valence-electron chi connectivity index (χ4n) is 1.13. The smallest absolute Gasteiger partial charge is 0.175 e. The topological polar surface area (TPSA) is 46.0 Å². The quantitative estimate of drug-likeness (QED) is 0.908. The molecule has 1 N–H and O–H groups in total. The van der Waals surface area contributed by atoms with Crippen LogP contribution in [0.3, 0.4) is 0 Å². The summed E-state index contributed by atoms with van der Waals surface area (Å²) in [6.07, 6.45) is 0. The van der Waals surface area contributed by atoms with Crippen molar-refractivity contribution in [3.05, 3.63) is 30.1 Å². The van der Waals surface area contributed by atoms with Crippen LogP contribution >= 0.6 is 23.3 Å². The van der Waals surface area contributed by atoms with E-state index in [9.17, 15) is 5.11 Å². The number of hydrogen-bond donors (Lipinski definition) is 1. The Labute approximate surface area is 103 Å². The maximum atomic E-state index is 9.62. The normalized spacial score (nSPS) is 10.9. The van der Waals surface area contributed by atoms with Crippen LogP contribution in [0.25, 0.3) is 0 Å². The lowest BCUT2D eigenvalue weighted by atomic mass is 10.2. The second kappa shape index (κ2) is 4.84. The average Bonchev–Trinajstić information content (AvgIpc) is 2.70. The second-order valence-corrected chi connectivity index (χ2v) is 5.68. The number of aromatic nitrogens is 2. The lowest BCUT2D eigenvalue weighted by molar-refractivity contribution is 0.462. The van der Waals surface area contributed by atoms with Crippen LogP contribution in [-0.2, 0) is 0 Å². The molecule has 0 aliphatic carbocycles. The van der Waals surface area contributed by atoms with Crippen LogP contribution in [0.1, 0.15) is 25.6 Å². The van der Waals surface area contributed by atoms with Gasteiger partial charge in [0.25, 0.3) is 0 Å². The van der Waals surface area contributed by atoms with E-state index in [0.717, 1.165) is 15.1 Å². The molecular formula is C11H12N2OS2. The van der Waals surface area contributed by atoms with Gasteiger partial charge in [-0.3, -0.25) is 0 Å². The highest BCUT2D eigenvalue weighted by Crippen LogP contribution is 2.35. The molecule has 1 heterocycles. The molecule has 3 nitrogen and oxygen atoms in total. The molecule has 0 saturated carbocycles. The summed E-state index contributed by atoms with van der Waals surface area (Å²) in [5.41, 5.74) is 0. The van der Waals surface area contributed by atoms with Crippen molar-refractivity contribution in [2.24, 2.45) is 0 Å². The van der Waals surface area contributed by atoms with Crippen molar-refractivity contribution in [2.45, 2.75) is 29.0 Å². The molecule has 84 valence electrons. The van der Waals surface area contributed by atoms with Gasteiger partial charge in [0.2, 0.25) is 0 Å². The van der Waals surface area contributed by atoms with Crippen LogP contribution in [0.15, 0.2) is 33.5 Å². The Morgan fingerprint density at radius 3 is 2.69 bits per heavy atom. The van der Waals surface area contributed by atoms with Crippen molar-refractivity contribution in [1.29, 1.82) is 0 Å². The van der Waals surface area contributed by atoms with Crippen LogP contribution < -0.4 is 0 Å². The molecule has 0 amide bonds. The summed E-state index contributed by atoms with van der Waals surface area (Å²) in [4.78, 5) is 5.22. The van der Waals surface area contributed by atoms with Crippen molar-refractivity contribution in [1.82, 2.24) is 9.36 Å². The van der Waals surface area contributed by atoms with Gasteiger partial charge in [-0.25, -0.2) is 4.98 Å². The number of nitrogens with zero attached hydrogens (tertiary/aromatic N) is 2. The van der Waals surface area contributed by atoms with Gasteiger partial charge in [-0.2, -0.15) is 4.37 Å². The molecule has 0 fully saturated rings. The van der Waals surface area contributed by atoms with Gasteiger partial charge in [0.1, 0.15) is 11.6 Å². The van der Waals surface area contributed by atoms with Crippen LogP contribution in [0.2, 0.25) is 0 Å². The molecule has 1 aromatic carbocycles. The molecule has 0 unspecified atom stereocenters. The predicted molar refractivity (Wildman–Crippen MR) is 66.2 cm³/mol. The molecule has 0 aliphatic rings. The number of aromatic hydroxyl groups is 1. The first-order valence-corrected chi connectivity index (χ1v) is 6.55. The van der Waals surface area contributed by atoms with Crippen molar-refractivity contribution < 1.29 is 5.11 Å². The minimum absolute atomic E-state index is 0.286. The summed E-state index contributed by atoms with van der Waals surface area (Å²) in [5, 5.41) is 9.62. The number of para-hydroxylation sites is 1. The van der Waals surface area contributed by atoms with E-state index in [2.05, 4.69) is 23.2 Å². The average molecular weight is 252 g/mol. The molecule has 0 saturated heterocycles. The van der Waals surface area contributed by atoms with Gasteiger partial charge in [-0.1, -0.05) is 37.7 Å². The van der Waals surface area contributed by atoms with Gasteiger partial charge in [0.15, 0.2) is 4.34 Å². The van der Waals surface area contributed by atoms with Crippen molar-refractivity contribution in [3.8, 4) is 5.75 Å². The first kappa shape index (κ1) is 11.4. The number of phenolic OH excluding ortho intramolecular Hbond substituents is 1. The Bertz CT molecular complexity index is 482. The lowest BCUT2D eigenvalue weighted by Crippen LogP contribution is -1.88. The molecule has 0 atom stereocenters. The zero-order chi connectivity index (χ0) is 11.5. The number of rotatable bonds is 3. The van der Waals surface area contributed by atoms with Crippen LogP contribution in [0.4, 0.5) is 0 Å². The molecule has 1 aromatic heterocycles. The minimum atomic E-state index is 0.286. The van der Waals surface area contributed by atoms with Crippen LogP contribution in [0.5, 0.6) is 5.75 Å². The van der Waals surface area contributed by atoms with E-state index in [-0.39, 0.29) is 5.75 Å². The SMILES string of the molecule is CC(C)c1nsc(Sc2ccccc2O)n1. The summed E-state index contributed by atoms with van der Waals surface area (Å²) >= 11 is 2.82. The Kier molecular flexibility index (Phi) is 3.46. The van der Waals surface area contributed by atoms with Gasteiger partial charge in [-0.05, 0) is 23.7 Å². The first-order chi connectivity index (χ1) is 7.66. The Hall–Kier alpha value is -1.07. The van der Waals surface area contributed by atoms with E-state index in [1.807, 2.05) is 12.1 Å². The zero-order valence-electron chi connectivity index (χ0n) is 9.04. The fraction of sp³-hybridized carbons (Fsp3) is 0.273. The van der Waals surface area contributed by atoms with Crippen LogP contribution in [0, 0.1) is 0 Å². The maximum absolute atomic E-state index is 9.62. The summed E-state index contributed by atoms with van der Waals surface area (Å²) in [6.45, 7) is 4.13. The van der Waals surface area contributed by atoms with Gasteiger partial charge in [0, 0.05) is 5.92 Å². The third-order valence-corrected chi connectivity index (χ3v) is 3.83. The highest BCUT2D eigenvalue weighted by Gasteiger charge is 2.10. The van der Waals surface area contributed by atoms with E-state index < -0.39 is 0 Å². The number of phenols is 1. The summed E-state index contributed by atoms with van der Waals surface area (Å²) in [5.74, 6) is 1.49. The molecule has 0 aliphatic heterocycles. The third-order valence-electron chi connectivity index (χ3n) is 2.00. The van der Waals surface area contributed by atoms with E-state index in [1.165, 1.54) is 23.3 Å². The minimum Gasteiger partial charge on any atom is -0.507 e. The summed E-state index contributed by atoms with van der Waals surface area (Å²) < 4.78 is 5.14. The highest BCUT2D eigenvalue weighted by molar-refractivity contribution is 8.01. The zero-order valence-corrected chi connectivity index (χ0v) is 10.7. The molecule has 16 heavy (non-hydrogen) atoms. The second-order valence-electron chi connectivity index (χ2n) is 3.64. The van der Waals surface area contributed by atoms with Gasteiger partial charge in [0.05, 0.1) is 4.90 Å². The lowest BCUT2D eigenvalue weighted by Gasteiger charge is -1.99. The Morgan fingerprint density at radius 2 is 2.06 bits per heavy atom. The monoisotopic (exact) mass is 252 g/mol. The third kappa shape index (κ3) is 2.54. The molecule has 2 aromatic rings. The Morgan fingerprint density at radius 1 is 1.31 bits per heavy atom. The fourth-order valence-corrected chi connectivity index (χ4v) is 2.87. The molecule has 0 spiro atoms. The molecule has 0 bridgehead atoms. The maximum Gasteiger partial charge on any atom is 0.175 e. The molecule has 2 rings (SSSR count). The summed E-state index contributed by atoms with van der Waals surface area (Å²) in [6, 6.07) is 7.24. The number of benzene rings is 1. The van der Waals surface area contributed by atoms with E-state index in [4.69, 9.17) is 0 Å². The first-order valence-electron chi connectivity index (χ1n) is 4.96. The standard InChI is InChI=1S/C11H12N2OS2/c1-7(2)10-12-11(16-13-10)15-9-6-4-3-5-8(9)14/h3-7,14H,1-2H3. The Balaban J connectivity index is 2.18. The van der Waals surface area contributed by atoms with Crippen molar-refractivity contribution in [2.75, 3.05) is 0 Å². The molecule has 0 radical (unpaired) electrons. The van der Waals surface area contributed by atoms with E-state index in [0.29, 0.717) is 5.92 Å². The largest absolute Gasteiger partial charge is 0.507 e. The van der Waals surface area contributed by atoms with Gasteiger partial charge >= 0.3 is 0 Å². The number of hydrogen-bond acceptors (Lipinski definition) is 5.